The van der Waals surface area contributed by atoms with E-state index in [9.17, 15) is 13.2 Å². The molecule has 1 aromatic heterocycles. The summed E-state index contributed by atoms with van der Waals surface area (Å²) in [5, 5.41) is 2.80. The molecule has 0 saturated heterocycles. The number of nitrogens with two attached hydrogens (primary N) is 1. The molecule has 6 heteroatoms. The predicted octanol–water partition coefficient (Wildman–Crippen LogP) is 2.28. The van der Waals surface area contributed by atoms with Gasteiger partial charge in [0.05, 0.1) is 17.6 Å². The van der Waals surface area contributed by atoms with E-state index < -0.39 is 17.5 Å². The maximum atomic E-state index is 13.4. The highest BCUT2D eigenvalue weighted by molar-refractivity contribution is 5.97. The summed E-state index contributed by atoms with van der Waals surface area (Å²) in [6.07, 6.45) is 1.19. The highest BCUT2D eigenvalue weighted by atomic mass is 19.2. The number of nitrogens with one attached hydrogen (secondary N) is 1. The molecule has 0 saturated carbocycles. The molecule has 0 bridgehead atoms. The average Bonchev–Trinajstić information content (AvgIpc) is 2.26. The van der Waals surface area contributed by atoms with Gasteiger partial charge < -0.3 is 11.1 Å². The van der Waals surface area contributed by atoms with Crippen LogP contribution in [0.5, 0.6) is 0 Å². The fourth-order valence-corrected chi connectivity index (χ4v) is 1.54. The van der Waals surface area contributed by atoms with Gasteiger partial charge in [-0.3, -0.25) is 4.98 Å². The predicted molar refractivity (Wildman–Crippen MR) is 55.6 cm³/mol. The summed E-state index contributed by atoms with van der Waals surface area (Å²) >= 11 is 0. The Balaban J connectivity index is 2.95. The third-order valence-corrected chi connectivity index (χ3v) is 2.28. The molecule has 0 aliphatic carbocycles. The number of pyridine rings is 1. The minimum atomic E-state index is -1.54. The second-order valence-corrected chi connectivity index (χ2v) is 3.22. The molecule has 1 heterocycles. The lowest BCUT2D eigenvalue weighted by Gasteiger charge is -2.09. The van der Waals surface area contributed by atoms with E-state index in [0.717, 1.165) is 6.07 Å². The van der Waals surface area contributed by atoms with Crippen LogP contribution < -0.4 is 11.1 Å². The second-order valence-electron chi connectivity index (χ2n) is 3.22. The van der Waals surface area contributed by atoms with Gasteiger partial charge in [0.25, 0.3) is 0 Å². The largest absolute Gasteiger partial charge is 0.396 e. The van der Waals surface area contributed by atoms with Gasteiger partial charge in [-0.15, -0.1) is 0 Å². The molecule has 2 rings (SSSR count). The first-order chi connectivity index (χ1) is 7.56. The van der Waals surface area contributed by atoms with Gasteiger partial charge in [0, 0.05) is 12.4 Å². The Morgan fingerprint density at radius 2 is 1.94 bits per heavy atom. The molecule has 16 heavy (non-hydrogen) atoms. The molecule has 3 N–H and O–H groups in total. The fraction of sp³-hybridized carbons (Fsp3) is 0.100. The van der Waals surface area contributed by atoms with Crippen molar-refractivity contribution in [1.82, 2.24) is 4.98 Å². The number of hydrogen-bond acceptors (Lipinski definition) is 3. The first kappa shape index (κ1) is 10.5. The molecule has 3 nitrogen and oxygen atoms in total. The second kappa shape index (κ2) is 3.55. The van der Waals surface area contributed by atoms with Crippen LogP contribution in [0.15, 0.2) is 12.3 Å². The number of hydrogen-bond donors (Lipinski definition) is 2. The highest BCUT2D eigenvalue weighted by Gasteiger charge is 2.17. The average molecular weight is 227 g/mol. The van der Waals surface area contributed by atoms with Gasteiger partial charge in [-0.05, 0) is 6.07 Å². The van der Waals surface area contributed by atoms with Gasteiger partial charge in [-0.1, -0.05) is 0 Å². The molecule has 0 spiro atoms. The van der Waals surface area contributed by atoms with E-state index in [1.807, 2.05) is 0 Å². The molecule has 0 aliphatic rings. The van der Waals surface area contributed by atoms with E-state index in [-0.39, 0.29) is 16.6 Å². The Labute approximate surface area is 89.1 Å². The number of halogens is 3. The molecule has 84 valence electrons. The SMILES string of the molecule is CNc1c(N)cnc2c(F)c(F)c(F)cc12. The summed E-state index contributed by atoms with van der Waals surface area (Å²) in [7, 11) is 1.55. The summed E-state index contributed by atoms with van der Waals surface area (Å²) in [6, 6.07) is 0.864. The first-order valence-electron chi connectivity index (χ1n) is 4.45. The molecule has 0 fully saturated rings. The van der Waals surface area contributed by atoms with E-state index in [4.69, 9.17) is 5.73 Å². The standard InChI is InChI=1S/C10H8F3N3/c1-15-9-4-2-5(11)7(12)8(13)10(4)16-3-6(9)14/h2-3H,14H2,1H3,(H,15,16). The van der Waals surface area contributed by atoms with Crippen LogP contribution in [0.4, 0.5) is 24.5 Å². The molecule has 0 unspecified atom stereocenters. The summed E-state index contributed by atoms with van der Waals surface area (Å²) in [5.74, 6) is -4.12. The Morgan fingerprint density at radius 1 is 1.25 bits per heavy atom. The highest BCUT2D eigenvalue weighted by Crippen LogP contribution is 2.30. The third-order valence-electron chi connectivity index (χ3n) is 2.28. The van der Waals surface area contributed by atoms with Crippen LogP contribution in [-0.2, 0) is 0 Å². The van der Waals surface area contributed by atoms with Crippen LogP contribution in [0, 0.1) is 17.5 Å². The van der Waals surface area contributed by atoms with Crippen LogP contribution >= 0.6 is 0 Å². The molecular weight excluding hydrogens is 219 g/mol. The van der Waals surface area contributed by atoms with Crippen molar-refractivity contribution in [3.05, 3.63) is 29.7 Å². The number of nitrogen functional groups attached to an aromatic ring is 1. The molecule has 0 amide bonds. The Morgan fingerprint density at radius 3 is 2.56 bits per heavy atom. The number of rotatable bonds is 1. The number of aromatic nitrogens is 1. The van der Waals surface area contributed by atoms with Crippen molar-refractivity contribution >= 4 is 22.3 Å². The lowest BCUT2D eigenvalue weighted by atomic mass is 10.1. The molecule has 1 aromatic carbocycles. The minimum Gasteiger partial charge on any atom is -0.396 e. The van der Waals surface area contributed by atoms with Crippen LogP contribution in [0.2, 0.25) is 0 Å². The zero-order valence-corrected chi connectivity index (χ0v) is 8.31. The van der Waals surface area contributed by atoms with Crippen LogP contribution in [0.3, 0.4) is 0 Å². The fourth-order valence-electron chi connectivity index (χ4n) is 1.54. The van der Waals surface area contributed by atoms with E-state index in [1.54, 1.807) is 7.05 Å². The molecular formula is C10H8F3N3. The Hall–Kier alpha value is -1.98. The van der Waals surface area contributed by atoms with E-state index in [0.29, 0.717) is 5.69 Å². The Bertz CT molecular complexity index is 569. The first-order valence-corrected chi connectivity index (χ1v) is 4.45. The van der Waals surface area contributed by atoms with Gasteiger partial charge in [0.1, 0.15) is 5.52 Å². The van der Waals surface area contributed by atoms with Crippen molar-refractivity contribution in [2.45, 2.75) is 0 Å². The van der Waals surface area contributed by atoms with Crippen molar-refractivity contribution in [3.63, 3.8) is 0 Å². The van der Waals surface area contributed by atoms with Gasteiger partial charge >= 0.3 is 0 Å². The maximum absolute atomic E-state index is 13.4. The van der Waals surface area contributed by atoms with Crippen molar-refractivity contribution in [2.75, 3.05) is 18.1 Å². The third kappa shape index (κ3) is 1.34. The van der Waals surface area contributed by atoms with Crippen molar-refractivity contribution in [2.24, 2.45) is 0 Å². The number of nitrogens with zero attached hydrogens (tertiary/aromatic N) is 1. The maximum Gasteiger partial charge on any atom is 0.196 e. The minimum absolute atomic E-state index is 0.110. The van der Waals surface area contributed by atoms with Crippen molar-refractivity contribution < 1.29 is 13.2 Å². The zero-order chi connectivity index (χ0) is 11.9. The molecule has 0 radical (unpaired) electrons. The van der Waals surface area contributed by atoms with Gasteiger partial charge in [-0.25, -0.2) is 13.2 Å². The lowest BCUT2D eigenvalue weighted by molar-refractivity contribution is 0.452. The van der Waals surface area contributed by atoms with Crippen molar-refractivity contribution in [1.29, 1.82) is 0 Å². The van der Waals surface area contributed by atoms with E-state index in [1.165, 1.54) is 6.20 Å². The summed E-state index contributed by atoms with van der Waals surface area (Å²) < 4.78 is 39.4. The molecule has 0 atom stereocenters. The van der Waals surface area contributed by atoms with E-state index >= 15 is 0 Å². The summed E-state index contributed by atoms with van der Waals surface area (Å²) in [5.41, 5.74) is 5.88. The number of anilines is 2. The smallest absolute Gasteiger partial charge is 0.196 e. The van der Waals surface area contributed by atoms with Crippen LogP contribution in [0.1, 0.15) is 0 Å². The molecule has 0 aliphatic heterocycles. The van der Waals surface area contributed by atoms with Crippen molar-refractivity contribution in [3.8, 4) is 0 Å². The zero-order valence-electron chi connectivity index (χ0n) is 8.31. The van der Waals surface area contributed by atoms with Crippen LogP contribution in [0.25, 0.3) is 10.9 Å². The van der Waals surface area contributed by atoms with Gasteiger partial charge in [0.2, 0.25) is 0 Å². The quantitative estimate of drug-likeness (QED) is 0.735. The summed E-state index contributed by atoms with van der Waals surface area (Å²) in [4.78, 5) is 3.64. The topological polar surface area (TPSA) is 50.9 Å². The monoisotopic (exact) mass is 227 g/mol. The normalized spacial score (nSPS) is 10.8. The Kier molecular flexibility index (Phi) is 2.34. The number of benzene rings is 1. The van der Waals surface area contributed by atoms with Crippen LogP contribution in [-0.4, -0.2) is 12.0 Å². The summed E-state index contributed by atoms with van der Waals surface area (Å²) in [6.45, 7) is 0. The van der Waals surface area contributed by atoms with Gasteiger partial charge in [0.15, 0.2) is 17.5 Å². The number of fused-ring (bicyclic) bond motifs is 1. The van der Waals surface area contributed by atoms with Gasteiger partial charge in [-0.2, -0.15) is 0 Å². The molecule has 2 aromatic rings. The lowest BCUT2D eigenvalue weighted by Crippen LogP contribution is -2.01. The van der Waals surface area contributed by atoms with E-state index in [2.05, 4.69) is 10.3 Å².